The summed E-state index contributed by atoms with van der Waals surface area (Å²) in [4.78, 5) is 26.5. The molecule has 1 saturated carbocycles. The maximum Gasteiger partial charge on any atom is 1.00 e. The molecular formula is C38H65LiN2O6-2. The minimum atomic E-state index is -0.361. The molecule has 3 rings (SSSR count). The Labute approximate surface area is 299 Å². The smallest absolute Gasteiger partial charge is 0.449 e. The van der Waals surface area contributed by atoms with Gasteiger partial charge < -0.3 is 50.4 Å². The normalized spacial score (nSPS) is 31.1. The van der Waals surface area contributed by atoms with Crippen molar-refractivity contribution in [3.8, 4) is 0 Å². The van der Waals surface area contributed by atoms with E-state index in [0.717, 1.165) is 51.4 Å². The second-order valence-corrected chi connectivity index (χ2v) is 14.1. The number of rotatable bonds is 16. The van der Waals surface area contributed by atoms with E-state index in [1.54, 1.807) is 7.11 Å². The molecule has 0 aromatic heterocycles. The van der Waals surface area contributed by atoms with Crippen LogP contribution in [0, 0.1) is 50.9 Å². The van der Waals surface area contributed by atoms with Crippen LogP contribution in [-0.4, -0.2) is 80.3 Å². The Morgan fingerprint density at radius 1 is 1.11 bits per heavy atom. The van der Waals surface area contributed by atoms with Gasteiger partial charge in [-0.25, -0.2) is 4.79 Å². The summed E-state index contributed by atoms with van der Waals surface area (Å²) in [6, 6.07) is 0. The van der Waals surface area contributed by atoms with E-state index < -0.39 is 0 Å². The largest absolute Gasteiger partial charge is 1.00 e. The van der Waals surface area contributed by atoms with Gasteiger partial charge in [0.05, 0.1) is 36.6 Å². The predicted octanol–water partition coefficient (Wildman–Crippen LogP) is 4.40. The summed E-state index contributed by atoms with van der Waals surface area (Å²) >= 11 is 0. The number of nitrogens with one attached hydrogen (secondary N) is 1. The van der Waals surface area contributed by atoms with Crippen LogP contribution in [0.15, 0.2) is 23.8 Å². The van der Waals surface area contributed by atoms with E-state index in [2.05, 4.69) is 78.9 Å². The van der Waals surface area contributed by atoms with Crippen molar-refractivity contribution in [1.29, 1.82) is 0 Å². The van der Waals surface area contributed by atoms with Gasteiger partial charge in [-0.15, -0.1) is 13.1 Å². The number of hydrogen-bond acceptors (Lipinski definition) is 6. The first-order valence-corrected chi connectivity index (χ1v) is 17.4. The van der Waals surface area contributed by atoms with Crippen LogP contribution in [0.3, 0.4) is 0 Å². The molecule has 0 spiro atoms. The van der Waals surface area contributed by atoms with Gasteiger partial charge in [-0.1, -0.05) is 45.9 Å². The minimum Gasteiger partial charge on any atom is -0.449 e. The van der Waals surface area contributed by atoms with Crippen molar-refractivity contribution in [2.45, 2.75) is 123 Å². The zero-order valence-electron chi connectivity index (χ0n) is 31.2. The van der Waals surface area contributed by atoms with E-state index in [-0.39, 0.29) is 74.2 Å². The van der Waals surface area contributed by atoms with Crippen molar-refractivity contribution in [2.24, 2.45) is 29.6 Å². The maximum absolute atomic E-state index is 13.0. The Hall–Kier alpha value is -1.30. The van der Waals surface area contributed by atoms with Crippen LogP contribution in [0.4, 0.5) is 4.79 Å². The van der Waals surface area contributed by atoms with Gasteiger partial charge in [0.15, 0.2) is 0 Å². The number of methoxy groups -OCH3 is 1. The van der Waals surface area contributed by atoms with E-state index in [0.29, 0.717) is 49.9 Å². The first-order chi connectivity index (χ1) is 21.5. The van der Waals surface area contributed by atoms with Gasteiger partial charge in [-0.2, -0.15) is 0 Å². The summed E-state index contributed by atoms with van der Waals surface area (Å²) in [5, 5.41) is 3.18. The third kappa shape index (κ3) is 12.8. The molecule has 47 heavy (non-hydrogen) atoms. The summed E-state index contributed by atoms with van der Waals surface area (Å²) in [5.74, 6) is 1.65. The number of allylic oxidation sites excluding steroid dienone is 3. The van der Waals surface area contributed by atoms with E-state index in [1.807, 2.05) is 0 Å². The van der Waals surface area contributed by atoms with Crippen molar-refractivity contribution in [3.63, 3.8) is 0 Å². The Bertz CT molecular complexity index is 991. The topological polar surface area (TPSA) is 89.6 Å². The molecule has 0 aromatic carbocycles. The summed E-state index contributed by atoms with van der Waals surface area (Å²) in [6.45, 7) is 22.4. The molecule has 0 bridgehead atoms. The third-order valence-electron chi connectivity index (χ3n) is 10.4. The number of nitrogens with zero attached hydrogens (tertiary/aromatic N) is 1. The number of carbonyl (C=O) groups is 2. The fourth-order valence-electron chi connectivity index (χ4n) is 7.47. The first kappa shape index (κ1) is 43.7. The van der Waals surface area contributed by atoms with Crippen LogP contribution in [-0.2, 0) is 23.7 Å². The Balaban J connectivity index is 0.00000552. The number of epoxide rings is 1. The van der Waals surface area contributed by atoms with Crippen molar-refractivity contribution in [1.82, 2.24) is 10.2 Å². The van der Waals surface area contributed by atoms with Crippen LogP contribution in [0.5, 0.6) is 0 Å². The Morgan fingerprint density at radius 3 is 2.36 bits per heavy atom. The first-order valence-electron chi connectivity index (χ1n) is 17.4. The Morgan fingerprint density at radius 2 is 1.77 bits per heavy atom. The summed E-state index contributed by atoms with van der Waals surface area (Å²) in [6.07, 6.45) is 14.3. The molecule has 2 amide bonds. The molecule has 9 heteroatoms. The Kier molecular flexibility index (Phi) is 19.6. The van der Waals surface area contributed by atoms with Gasteiger partial charge in [0, 0.05) is 25.5 Å². The second kappa shape index (κ2) is 21.0. The number of carbonyl (C=O) groups excluding carboxylic acids is 2. The van der Waals surface area contributed by atoms with Crippen molar-refractivity contribution in [3.05, 3.63) is 45.1 Å². The molecule has 266 valence electrons. The van der Waals surface area contributed by atoms with Crippen molar-refractivity contribution >= 4 is 12.0 Å². The molecule has 3 aliphatic rings. The summed E-state index contributed by atoms with van der Waals surface area (Å²) in [5.41, 5.74) is 1.14. The van der Waals surface area contributed by atoms with E-state index in [4.69, 9.17) is 18.9 Å². The zero-order chi connectivity index (χ0) is 33.1. The quantitative estimate of drug-likeness (QED) is 0.115. The van der Waals surface area contributed by atoms with Crippen LogP contribution in [0.25, 0.3) is 0 Å². The molecule has 2 heterocycles. The number of ether oxygens (including phenoxy) is 4. The van der Waals surface area contributed by atoms with Gasteiger partial charge in [0.1, 0.15) is 0 Å². The monoisotopic (exact) mass is 653 g/mol. The van der Waals surface area contributed by atoms with Crippen molar-refractivity contribution in [2.75, 3.05) is 33.4 Å². The van der Waals surface area contributed by atoms with Gasteiger partial charge in [-0.3, -0.25) is 4.79 Å². The minimum absolute atomic E-state index is 0. The SMILES string of the molecule is [CH2-]CN(C[CH2-])C(=O)OCC1CCC(C(=O)NC[C@H]2CC[C@H](C)[C@@H](/C(C)=C/C=C/[C@@H](C)C[C@@]3(C)O[C@@H]3[C@H](C)[C@H](CC)OC)O2)CC1.[CH3-].[Li+]. The standard InChI is InChI=1S/C37H62N2O6.CH3.Li/c1-10-32(42-9)28(7)34-37(8,45-34)22-25(4)14-13-15-26(5)33-27(6)16-21-31(44-33)23-38-35(40)30-19-17-29(18-20-30)24-43-36(41)39(11-2)12-3;;/h13-15,25,27-34H,2-3,10-12,16-24H2,1,4-9H3,(H,38,40);1H3;/q-2;-1;+1/b14-13+,26-15+;;/t25-,27+,28-,29?,30?,31-,32+,33-,34-,37-;;/m1../s1. The molecule has 0 aromatic rings. The van der Waals surface area contributed by atoms with Gasteiger partial charge in [0.2, 0.25) is 5.91 Å². The predicted molar refractivity (Wildman–Crippen MR) is 186 cm³/mol. The van der Waals surface area contributed by atoms with Crippen LogP contribution >= 0.6 is 0 Å². The van der Waals surface area contributed by atoms with E-state index >= 15 is 0 Å². The average molecular weight is 653 g/mol. The molecular weight excluding hydrogens is 587 g/mol. The average Bonchev–Trinajstić information content (AvgIpc) is 3.70. The van der Waals surface area contributed by atoms with Gasteiger partial charge >= 0.3 is 25.0 Å². The summed E-state index contributed by atoms with van der Waals surface area (Å²) < 4.78 is 23.8. The maximum atomic E-state index is 13.0. The summed E-state index contributed by atoms with van der Waals surface area (Å²) in [7, 11) is 1.79. The van der Waals surface area contributed by atoms with E-state index in [1.165, 1.54) is 10.5 Å². The van der Waals surface area contributed by atoms with Crippen molar-refractivity contribution < 1.29 is 47.4 Å². The molecule has 2 aliphatic heterocycles. The molecule has 8 atom stereocenters. The molecule has 2 saturated heterocycles. The molecule has 3 fully saturated rings. The number of hydrogen-bond donors (Lipinski definition) is 1. The van der Waals surface area contributed by atoms with Crippen LogP contribution in [0.2, 0.25) is 0 Å². The molecule has 1 aliphatic carbocycles. The molecule has 1 N–H and O–H groups in total. The zero-order valence-corrected chi connectivity index (χ0v) is 31.2. The third-order valence-corrected chi connectivity index (χ3v) is 10.4. The molecule has 0 radical (unpaired) electrons. The second-order valence-electron chi connectivity index (χ2n) is 14.1. The fourth-order valence-corrected chi connectivity index (χ4v) is 7.47. The van der Waals surface area contributed by atoms with Gasteiger partial charge in [0.25, 0.3) is 0 Å². The van der Waals surface area contributed by atoms with E-state index in [9.17, 15) is 9.59 Å². The van der Waals surface area contributed by atoms with Gasteiger partial charge in [-0.05, 0) is 88.5 Å². The molecule has 0 unspecified atom stereocenters. The molecule has 8 nitrogen and oxygen atoms in total. The number of amides is 2. The van der Waals surface area contributed by atoms with Crippen LogP contribution < -0.4 is 24.2 Å². The fraction of sp³-hybridized carbons (Fsp3) is 0.763. The van der Waals surface area contributed by atoms with Crippen LogP contribution in [0.1, 0.15) is 92.9 Å².